The number of fused-ring (bicyclic) bond motifs is 1. The summed E-state index contributed by atoms with van der Waals surface area (Å²) in [5.41, 5.74) is 0.879. The van der Waals surface area contributed by atoms with Crippen LogP contribution in [0.5, 0.6) is 0 Å². The lowest BCUT2D eigenvalue weighted by molar-refractivity contribution is -0.152. The molecule has 0 unspecified atom stereocenters. The van der Waals surface area contributed by atoms with Crippen molar-refractivity contribution in [2.24, 2.45) is 0 Å². The molecule has 1 atom stereocenters. The van der Waals surface area contributed by atoms with Crippen LogP contribution < -0.4 is 5.32 Å². The van der Waals surface area contributed by atoms with Gasteiger partial charge in [-0.15, -0.1) is 0 Å². The van der Waals surface area contributed by atoms with Crippen LogP contribution in [0.3, 0.4) is 0 Å². The molecule has 0 aromatic heterocycles. The monoisotopic (exact) mass is 351 g/mol. The number of esters is 1. The van der Waals surface area contributed by atoms with Gasteiger partial charge in [-0.1, -0.05) is 54.6 Å². The van der Waals surface area contributed by atoms with Crippen LogP contribution in [0.4, 0.5) is 10.1 Å². The van der Waals surface area contributed by atoms with Crippen molar-refractivity contribution in [2.45, 2.75) is 19.4 Å². The van der Waals surface area contributed by atoms with Gasteiger partial charge in [0.2, 0.25) is 0 Å². The summed E-state index contributed by atoms with van der Waals surface area (Å²) in [4.78, 5) is 24.3. The molecule has 0 saturated heterocycles. The SMILES string of the molecule is C[C@@H](OC(=O)Cc1ccccc1F)C(=O)Nc1cccc2ccccc12. The predicted octanol–water partition coefficient (Wildman–Crippen LogP) is 4.09. The number of ether oxygens (including phenoxy) is 1. The summed E-state index contributed by atoms with van der Waals surface area (Å²) in [6.45, 7) is 1.49. The Labute approximate surface area is 150 Å². The first-order valence-electron chi connectivity index (χ1n) is 8.26. The molecule has 0 aliphatic carbocycles. The number of amides is 1. The Morgan fingerprint density at radius 3 is 2.50 bits per heavy atom. The Hall–Kier alpha value is -3.21. The highest BCUT2D eigenvalue weighted by atomic mass is 19.1. The molecule has 0 saturated carbocycles. The molecule has 3 aromatic carbocycles. The Kier molecular flexibility index (Phi) is 5.27. The average molecular weight is 351 g/mol. The van der Waals surface area contributed by atoms with Gasteiger partial charge in [-0.3, -0.25) is 9.59 Å². The van der Waals surface area contributed by atoms with Gasteiger partial charge in [0.05, 0.1) is 6.42 Å². The van der Waals surface area contributed by atoms with E-state index >= 15 is 0 Å². The van der Waals surface area contributed by atoms with Crippen LogP contribution >= 0.6 is 0 Å². The first-order chi connectivity index (χ1) is 12.5. The van der Waals surface area contributed by atoms with E-state index in [0.717, 1.165) is 10.8 Å². The normalized spacial score (nSPS) is 11.8. The zero-order chi connectivity index (χ0) is 18.5. The molecule has 3 aromatic rings. The molecule has 26 heavy (non-hydrogen) atoms. The van der Waals surface area contributed by atoms with Crippen LogP contribution in [0, 0.1) is 5.82 Å². The van der Waals surface area contributed by atoms with E-state index in [9.17, 15) is 14.0 Å². The molecule has 0 aliphatic heterocycles. The van der Waals surface area contributed by atoms with E-state index in [1.165, 1.54) is 19.1 Å². The predicted molar refractivity (Wildman–Crippen MR) is 98.2 cm³/mol. The van der Waals surface area contributed by atoms with Crippen LogP contribution in [0.2, 0.25) is 0 Å². The van der Waals surface area contributed by atoms with E-state index in [1.807, 2.05) is 36.4 Å². The molecule has 0 heterocycles. The lowest BCUT2D eigenvalue weighted by atomic mass is 10.1. The summed E-state index contributed by atoms with van der Waals surface area (Å²) in [6.07, 6.45) is -1.22. The van der Waals surface area contributed by atoms with Crippen molar-refractivity contribution in [3.8, 4) is 0 Å². The van der Waals surface area contributed by atoms with Crippen LogP contribution in [0.1, 0.15) is 12.5 Å². The maximum Gasteiger partial charge on any atom is 0.311 e. The summed E-state index contributed by atoms with van der Waals surface area (Å²) in [6, 6.07) is 19.2. The largest absolute Gasteiger partial charge is 0.452 e. The number of anilines is 1. The average Bonchev–Trinajstić information content (AvgIpc) is 2.64. The van der Waals surface area contributed by atoms with Gasteiger partial charge in [-0.05, 0) is 30.0 Å². The second kappa shape index (κ2) is 7.78. The summed E-state index contributed by atoms with van der Waals surface area (Å²) >= 11 is 0. The van der Waals surface area contributed by atoms with E-state index in [4.69, 9.17) is 4.74 Å². The highest BCUT2D eigenvalue weighted by Crippen LogP contribution is 2.23. The van der Waals surface area contributed by atoms with Gasteiger partial charge in [0, 0.05) is 11.1 Å². The minimum absolute atomic E-state index is 0.224. The van der Waals surface area contributed by atoms with Crippen molar-refractivity contribution in [1.29, 1.82) is 0 Å². The van der Waals surface area contributed by atoms with Gasteiger partial charge in [-0.2, -0.15) is 0 Å². The molecule has 0 fully saturated rings. The highest BCUT2D eigenvalue weighted by Gasteiger charge is 2.19. The van der Waals surface area contributed by atoms with Gasteiger partial charge in [0.1, 0.15) is 5.82 Å². The maximum atomic E-state index is 13.6. The third-order valence-electron chi connectivity index (χ3n) is 4.02. The van der Waals surface area contributed by atoms with Gasteiger partial charge in [0.15, 0.2) is 6.10 Å². The fourth-order valence-electron chi connectivity index (χ4n) is 2.66. The molecule has 0 spiro atoms. The zero-order valence-corrected chi connectivity index (χ0v) is 14.2. The number of benzene rings is 3. The summed E-state index contributed by atoms with van der Waals surface area (Å²) in [5, 5.41) is 4.67. The number of carbonyl (C=O) groups is 2. The minimum Gasteiger partial charge on any atom is -0.452 e. The number of carbonyl (C=O) groups excluding carboxylic acids is 2. The summed E-state index contributed by atoms with van der Waals surface area (Å²) in [5.74, 6) is -1.57. The molecule has 0 bridgehead atoms. The molecule has 0 aliphatic rings. The van der Waals surface area contributed by atoms with E-state index in [1.54, 1.807) is 18.2 Å². The highest BCUT2D eigenvalue weighted by molar-refractivity contribution is 6.03. The standard InChI is InChI=1S/C21H18FNO3/c1-14(26-20(24)13-16-8-3-5-11-18(16)22)21(25)23-19-12-6-9-15-7-2-4-10-17(15)19/h2-12,14H,13H2,1H3,(H,23,25)/t14-/m1/s1. The molecule has 4 nitrogen and oxygen atoms in total. The van der Waals surface area contributed by atoms with E-state index in [-0.39, 0.29) is 12.0 Å². The van der Waals surface area contributed by atoms with Gasteiger partial charge in [0.25, 0.3) is 5.91 Å². The van der Waals surface area contributed by atoms with E-state index < -0.39 is 23.8 Å². The number of rotatable bonds is 5. The van der Waals surface area contributed by atoms with Crippen molar-refractivity contribution < 1.29 is 18.7 Å². The number of halogens is 1. The topological polar surface area (TPSA) is 55.4 Å². The lowest BCUT2D eigenvalue weighted by Gasteiger charge is -2.15. The van der Waals surface area contributed by atoms with Crippen LogP contribution in [0.15, 0.2) is 66.7 Å². The van der Waals surface area contributed by atoms with E-state index in [2.05, 4.69) is 5.32 Å². The molecule has 1 N–H and O–H groups in total. The second-order valence-corrected chi connectivity index (χ2v) is 5.92. The number of hydrogen-bond donors (Lipinski definition) is 1. The van der Waals surface area contributed by atoms with Crippen molar-refractivity contribution in [3.63, 3.8) is 0 Å². The summed E-state index contributed by atoms with van der Waals surface area (Å²) < 4.78 is 18.7. The first-order valence-corrected chi connectivity index (χ1v) is 8.26. The van der Waals surface area contributed by atoms with Crippen LogP contribution in [-0.2, 0) is 20.7 Å². The van der Waals surface area contributed by atoms with Crippen molar-refractivity contribution >= 4 is 28.3 Å². The third-order valence-corrected chi connectivity index (χ3v) is 4.02. The van der Waals surface area contributed by atoms with Crippen molar-refractivity contribution in [3.05, 3.63) is 78.1 Å². The Balaban J connectivity index is 1.64. The second-order valence-electron chi connectivity index (χ2n) is 5.92. The maximum absolute atomic E-state index is 13.6. The Morgan fingerprint density at radius 2 is 1.69 bits per heavy atom. The first kappa shape index (κ1) is 17.6. The lowest BCUT2D eigenvalue weighted by Crippen LogP contribution is -2.30. The zero-order valence-electron chi connectivity index (χ0n) is 14.2. The Morgan fingerprint density at radius 1 is 1.00 bits per heavy atom. The summed E-state index contributed by atoms with van der Waals surface area (Å²) in [7, 11) is 0. The fraction of sp³-hybridized carbons (Fsp3) is 0.143. The van der Waals surface area contributed by atoms with E-state index in [0.29, 0.717) is 5.69 Å². The van der Waals surface area contributed by atoms with Crippen LogP contribution in [-0.4, -0.2) is 18.0 Å². The van der Waals surface area contributed by atoms with Gasteiger partial charge >= 0.3 is 5.97 Å². The molecule has 1 amide bonds. The fourth-order valence-corrected chi connectivity index (χ4v) is 2.66. The third kappa shape index (κ3) is 4.06. The number of hydrogen-bond acceptors (Lipinski definition) is 3. The molecular weight excluding hydrogens is 333 g/mol. The molecule has 0 radical (unpaired) electrons. The molecular formula is C21H18FNO3. The van der Waals surface area contributed by atoms with Crippen LogP contribution in [0.25, 0.3) is 10.8 Å². The molecule has 3 rings (SSSR count). The molecule has 132 valence electrons. The van der Waals surface area contributed by atoms with Gasteiger partial charge in [-0.25, -0.2) is 4.39 Å². The minimum atomic E-state index is -0.992. The molecule has 5 heteroatoms. The Bertz CT molecular complexity index is 949. The van der Waals surface area contributed by atoms with Gasteiger partial charge < -0.3 is 10.1 Å². The smallest absolute Gasteiger partial charge is 0.311 e. The van der Waals surface area contributed by atoms with Crippen molar-refractivity contribution in [1.82, 2.24) is 0 Å². The quantitative estimate of drug-likeness (QED) is 0.705. The van der Waals surface area contributed by atoms with Crippen molar-refractivity contribution in [2.75, 3.05) is 5.32 Å². The number of nitrogens with one attached hydrogen (secondary N) is 1.